The summed E-state index contributed by atoms with van der Waals surface area (Å²) in [5.41, 5.74) is 2.88. The fourth-order valence-electron chi connectivity index (χ4n) is 3.07. The molecule has 1 aliphatic rings. The van der Waals surface area contributed by atoms with Gasteiger partial charge in [-0.1, -0.05) is 67.1 Å². The average Bonchev–Trinajstić information content (AvgIpc) is 2.67. The zero-order valence-electron chi connectivity index (χ0n) is 13.6. The summed E-state index contributed by atoms with van der Waals surface area (Å²) in [5, 5.41) is 15.5. The highest BCUT2D eigenvalue weighted by Gasteiger charge is 2.39. The van der Waals surface area contributed by atoms with E-state index in [-0.39, 0.29) is 0 Å². The molecular formula is C20H22N2O2. The smallest absolute Gasteiger partial charge is 0.281 e. The summed E-state index contributed by atoms with van der Waals surface area (Å²) in [6.07, 6.45) is 5.25. The fraction of sp³-hybridized carbons (Fsp3) is 0.300. The van der Waals surface area contributed by atoms with Crippen LogP contribution in [0.2, 0.25) is 0 Å². The van der Waals surface area contributed by atoms with Gasteiger partial charge in [-0.2, -0.15) is 5.10 Å². The molecule has 4 nitrogen and oxygen atoms in total. The number of carbonyl (C=O) groups excluding carboxylic acids is 1. The van der Waals surface area contributed by atoms with E-state index in [1.807, 2.05) is 36.4 Å². The van der Waals surface area contributed by atoms with Crippen molar-refractivity contribution in [3.05, 3.63) is 71.8 Å². The summed E-state index contributed by atoms with van der Waals surface area (Å²) in [6, 6.07) is 18.0. The van der Waals surface area contributed by atoms with Gasteiger partial charge in [-0.25, -0.2) is 5.43 Å². The van der Waals surface area contributed by atoms with Crippen molar-refractivity contribution in [2.75, 3.05) is 0 Å². The number of hydrazone groups is 1. The zero-order valence-corrected chi connectivity index (χ0v) is 13.6. The van der Waals surface area contributed by atoms with Gasteiger partial charge in [-0.15, -0.1) is 0 Å². The first-order chi connectivity index (χ1) is 11.7. The molecule has 124 valence electrons. The van der Waals surface area contributed by atoms with Crippen molar-refractivity contribution in [1.82, 2.24) is 5.43 Å². The molecule has 24 heavy (non-hydrogen) atoms. The van der Waals surface area contributed by atoms with Crippen molar-refractivity contribution in [2.45, 2.75) is 37.7 Å². The SMILES string of the molecule is O=C(NN=C1CCCCC1)C(O)(c1ccccc1)c1ccccc1. The van der Waals surface area contributed by atoms with Crippen LogP contribution in [0.5, 0.6) is 0 Å². The van der Waals surface area contributed by atoms with Crippen LogP contribution in [0.1, 0.15) is 43.2 Å². The molecule has 2 aromatic carbocycles. The number of nitrogens with zero attached hydrogens (tertiary/aromatic N) is 1. The molecule has 2 aromatic rings. The highest BCUT2D eigenvalue weighted by molar-refractivity contribution is 5.92. The van der Waals surface area contributed by atoms with Crippen LogP contribution in [0.15, 0.2) is 65.8 Å². The van der Waals surface area contributed by atoms with Gasteiger partial charge in [0.05, 0.1) is 0 Å². The van der Waals surface area contributed by atoms with Crippen LogP contribution >= 0.6 is 0 Å². The standard InChI is InChI=1S/C20H22N2O2/c23-19(22-21-18-14-8-3-9-15-18)20(24,16-10-4-1-5-11-16)17-12-6-2-7-13-17/h1-2,4-7,10-13,24H,3,8-9,14-15H2,(H,22,23). The second kappa shape index (κ2) is 7.41. The van der Waals surface area contributed by atoms with Crippen LogP contribution in [0.25, 0.3) is 0 Å². The Hall–Kier alpha value is -2.46. The summed E-state index contributed by atoms with van der Waals surface area (Å²) in [5.74, 6) is -0.530. The van der Waals surface area contributed by atoms with E-state index in [1.165, 1.54) is 6.42 Å². The Balaban J connectivity index is 1.91. The van der Waals surface area contributed by atoms with Gasteiger partial charge in [-0.3, -0.25) is 4.79 Å². The molecule has 0 spiro atoms. The predicted molar refractivity (Wildman–Crippen MR) is 94.5 cm³/mol. The normalized spacial score (nSPS) is 15.0. The topological polar surface area (TPSA) is 61.7 Å². The number of rotatable bonds is 4. The molecule has 0 saturated heterocycles. The van der Waals surface area contributed by atoms with E-state index >= 15 is 0 Å². The molecule has 0 radical (unpaired) electrons. The second-order valence-corrected chi connectivity index (χ2v) is 6.12. The van der Waals surface area contributed by atoms with Crippen LogP contribution in [0.4, 0.5) is 0 Å². The molecule has 0 atom stereocenters. The maximum atomic E-state index is 12.8. The van der Waals surface area contributed by atoms with Gasteiger partial charge in [-0.05, 0) is 36.8 Å². The Morgan fingerprint density at radius 1 is 0.875 bits per heavy atom. The van der Waals surface area contributed by atoms with Crippen LogP contribution in [-0.2, 0) is 10.4 Å². The summed E-state index contributed by atoms with van der Waals surface area (Å²) in [6.45, 7) is 0. The Morgan fingerprint density at radius 3 is 1.88 bits per heavy atom. The van der Waals surface area contributed by atoms with E-state index in [0.717, 1.165) is 31.4 Å². The number of carbonyl (C=O) groups is 1. The molecule has 4 heteroatoms. The first-order valence-electron chi connectivity index (χ1n) is 8.40. The molecular weight excluding hydrogens is 300 g/mol. The van der Waals surface area contributed by atoms with Crippen molar-refractivity contribution >= 4 is 11.6 Å². The van der Waals surface area contributed by atoms with Crippen molar-refractivity contribution in [3.63, 3.8) is 0 Å². The number of benzene rings is 2. The van der Waals surface area contributed by atoms with Gasteiger partial charge in [0.15, 0.2) is 5.60 Å². The third kappa shape index (κ3) is 3.39. The van der Waals surface area contributed by atoms with Gasteiger partial charge in [0.25, 0.3) is 5.91 Å². The monoisotopic (exact) mass is 322 g/mol. The van der Waals surface area contributed by atoms with Crippen molar-refractivity contribution in [1.29, 1.82) is 0 Å². The maximum absolute atomic E-state index is 12.8. The number of hydrogen-bond donors (Lipinski definition) is 2. The van der Waals surface area contributed by atoms with Gasteiger partial charge in [0.1, 0.15) is 0 Å². The molecule has 0 bridgehead atoms. The Labute approximate surface area is 142 Å². The lowest BCUT2D eigenvalue weighted by Crippen LogP contribution is -2.44. The van der Waals surface area contributed by atoms with E-state index in [1.54, 1.807) is 24.3 Å². The predicted octanol–water partition coefficient (Wildman–Crippen LogP) is 3.36. The highest BCUT2D eigenvalue weighted by Crippen LogP contribution is 2.30. The largest absolute Gasteiger partial charge is 0.372 e. The van der Waals surface area contributed by atoms with Gasteiger partial charge in [0.2, 0.25) is 0 Å². The lowest BCUT2D eigenvalue weighted by Gasteiger charge is -2.27. The van der Waals surface area contributed by atoms with Gasteiger partial charge in [0, 0.05) is 5.71 Å². The summed E-state index contributed by atoms with van der Waals surface area (Å²) < 4.78 is 0. The van der Waals surface area contributed by atoms with Crippen LogP contribution < -0.4 is 5.43 Å². The Morgan fingerprint density at radius 2 is 1.38 bits per heavy atom. The molecule has 1 saturated carbocycles. The van der Waals surface area contributed by atoms with Crippen LogP contribution in [0, 0.1) is 0 Å². The summed E-state index contributed by atoms with van der Waals surface area (Å²) in [4.78, 5) is 12.8. The molecule has 1 amide bonds. The molecule has 3 rings (SSSR count). The minimum absolute atomic E-state index is 0.526. The number of aliphatic hydroxyl groups is 1. The van der Waals surface area contributed by atoms with E-state index in [2.05, 4.69) is 10.5 Å². The minimum Gasteiger partial charge on any atom is -0.372 e. The molecule has 0 aliphatic heterocycles. The summed E-state index contributed by atoms with van der Waals surface area (Å²) in [7, 11) is 0. The molecule has 0 heterocycles. The third-order valence-corrected chi connectivity index (χ3v) is 4.46. The second-order valence-electron chi connectivity index (χ2n) is 6.12. The van der Waals surface area contributed by atoms with Crippen molar-refractivity contribution < 1.29 is 9.90 Å². The lowest BCUT2D eigenvalue weighted by atomic mass is 9.85. The van der Waals surface area contributed by atoms with Crippen molar-refractivity contribution in [2.24, 2.45) is 5.10 Å². The fourth-order valence-corrected chi connectivity index (χ4v) is 3.07. The number of hydrogen-bond acceptors (Lipinski definition) is 3. The first kappa shape index (κ1) is 16.4. The van der Waals surface area contributed by atoms with E-state index < -0.39 is 11.5 Å². The van der Waals surface area contributed by atoms with Gasteiger partial charge >= 0.3 is 0 Å². The minimum atomic E-state index is -1.76. The Kier molecular flexibility index (Phi) is 5.06. The molecule has 2 N–H and O–H groups in total. The molecule has 0 aromatic heterocycles. The van der Waals surface area contributed by atoms with Crippen LogP contribution in [0.3, 0.4) is 0 Å². The quantitative estimate of drug-likeness (QED) is 0.848. The number of nitrogens with one attached hydrogen (secondary N) is 1. The van der Waals surface area contributed by atoms with E-state index in [9.17, 15) is 9.90 Å². The first-order valence-corrected chi connectivity index (χ1v) is 8.40. The summed E-state index contributed by atoms with van der Waals surface area (Å²) >= 11 is 0. The highest BCUT2D eigenvalue weighted by atomic mass is 16.3. The zero-order chi connectivity index (χ0) is 16.8. The van der Waals surface area contributed by atoms with Crippen molar-refractivity contribution in [3.8, 4) is 0 Å². The Bertz CT molecular complexity index is 663. The van der Waals surface area contributed by atoms with Crippen LogP contribution in [-0.4, -0.2) is 16.7 Å². The molecule has 1 fully saturated rings. The van der Waals surface area contributed by atoms with E-state index in [4.69, 9.17) is 0 Å². The van der Waals surface area contributed by atoms with E-state index in [0.29, 0.717) is 11.1 Å². The maximum Gasteiger partial charge on any atom is 0.281 e. The number of amides is 1. The molecule has 0 unspecified atom stereocenters. The third-order valence-electron chi connectivity index (χ3n) is 4.46. The lowest BCUT2D eigenvalue weighted by molar-refractivity contribution is -0.136. The average molecular weight is 322 g/mol. The van der Waals surface area contributed by atoms with Gasteiger partial charge < -0.3 is 5.11 Å². The molecule has 1 aliphatic carbocycles.